The maximum atomic E-state index is 5.31. The average molecular weight is 97.3 g/mol. The summed E-state index contributed by atoms with van der Waals surface area (Å²) < 4.78 is 0. The Hall–Kier alpha value is -0.130. The predicted octanol–water partition coefficient (Wildman–Crippen LogP) is -1.48. The van der Waals surface area contributed by atoms with Gasteiger partial charge in [0.05, 0.1) is 0 Å². The van der Waals surface area contributed by atoms with Crippen LogP contribution in [0.2, 0.25) is 0 Å². The molecule has 0 unspecified atom stereocenters. The molecule has 0 atom stereocenters. The molecule has 4 heteroatoms. The van der Waals surface area contributed by atoms with Gasteiger partial charge in [0, 0.05) is 0 Å². The summed E-state index contributed by atoms with van der Waals surface area (Å²) in [6.45, 7) is 10.7. The van der Waals surface area contributed by atoms with Crippen LogP contribution in [-0.2, 0) is 0 Å². The Balaban J connectivity index is 3.57. The quantitative estimate of drug-likeness (QED) is 0.369. The van der Waals surface area contributed by atoms with Crippen LogP contribution in [0.5, 0.6) is 0 Å². The van der Waals surface area contributed by atoms with Crippen molar-refractivity contribution in [3.63, 3.8) is 0 Å². The fraction of sp³-hybridized carbons (Fsp3) is 0.250. The van der Waals surface area contributed by atoms with Gasteiger partial charge >= 0.3 is 53.0 Å². The molecule has 34 valence electrons. The first-order chi connectivity index (χ1) is 3.77. The molecule has 0 saturated heterocycles. The van der Waals surface area contributed by atoms with Crippen molar-refractivity contribution in [2.45, 2.75) is 6.92 Å². The molecule has 2 radical (unpaired) electrons. The van der Waals surface area contributed by atoms with Crippen molar-refractivity contribution >= 4 is 46.1 Å². The van der Waals surface area contributed by atoms with Crippen molar-refractivity contribution < 1.29 is 0 Å². The van der Waals surface area contributed by atoms with Crippen LogP contribution in [0.15, 0.2) is 0 Å². The summed E-state index contributed by atoms with van der Waals surface area (Å²) in [7, 11) is 5.31. The van der Waals surface area contributed by atoms with E-state index in [1.165, 1.54) is 0 Å². The van der Waals surface area contributed by atoms with Crippen LogP contribution in [-0.4, -0.2) is 46.1 Å². The zero-order chi connectivity index (χ0) is 6.41. The van der Waals surface area contributed by atoms with Crippen molar-refractivity contribution in [3.05, 3.63) is 0 Å². The summed E-state index contributed by atoms with van der Waals surface area (Å²) in [6, 6.07) is 0. The van der Waals surface area contributed by atoms with E-state index in [4.69, 9.17) is 7.85 Å². The predicted molar refractivity (Wildman–Crippen MR) is 46.9 cm³/mol. The van der Waals surface area contributed by atoms with Gasteiger partial charge in [-0.25, -0.2) is 0 Å². The van der Waals surface area contributed by atoms with Crippen molar-refractivity contribution in [1.29, 1.82) is 0 Å². The number of rotatable bonds is 2. The third-order valence-corrected chi connectivity index (χ3v) is 0.606. The summed E-state index contributed by atoms with van der Waals surface area (Å²) in [5, 5.41) is 0.808. The van der Waals surface area contributed by atoms with E-state index in [9.17, 15) is 0 Å². The standard InChI is InChI=1S/C4H6B4/c1-4(5)8-7-3-6-2/h3H,2H2,1H3. The minimum atomic E-state index is 0.808. The zero-order valence-corrected chi connectivity index (χ0v) is 5.09. The van der Waals surface area contributed by atoms with Crippen LogP contribution in [0.25, 0.3) is 0 Å². The molecular formula is C4H6B4. The molecule has 0 heterocycles. The summed E-state index contributed by atoms with van der Waals surface area (Å²) in [5.41, 5.74) is 0. The van der Waals surface area contributed by atoms with Crippen LogP contribution in [0.3, 0.4) is 0 Å². The molecule has 0 rings (SSSR count). The van der Waals surface area contributed by atoms with Gasteiger partial charge in [0.1, 0.15) is 0 Å². The third-order valence-electron chi connectivity index (χ3n) is 0.606. The molecule has 0 fully saturated rings. The van der Waals surface area contributed by atoms with E-state index < -0.39 is 0 Å². The molecule has 0 saturated carbocycles. The molecule has 0 aliphatic heterocycles. The molecule has 0 aliphatic carbocycles. The second kappa shape index (κ2) is 5.02. The minimum absolute atomic E-state index is 0.808. The van der Waals surface area contributed by atoms with Gasteiger partial charge in [-0.05, 0) is 0 Å². The molecule has 0 spiro atoms. The first-order valence-corrected chi connectivity index (χ1v) is 2.49. The van der Waals surface area contributed by atoms with Gasteiger partial charge in [-0.3, -0.25) is 0 Å². The molecule has 0 nitrogen and oxygen atoms in total. The Bertz CT molecular complexity index is 120. The van der Waals surface area contributed by atoms with Crippen molar-refractivity contribution in [3.8, 4) is 0 Å². The monoisotopic (exact) mass is 98.1 g/mol. The van der Waals surface area contributed by atoms with Crippen molar-refractivity contribution in [2.24, 2.45) is 0 Å². The molecule has 0 aromatic carbocycles. The Morgan fingerprint density at radius 2 is 2.38 bits per heavy atom. The van der Waals surface area contributed by atoms with Crippen LogP contribution in [0.4, 0.5) is 0 Å². The maximum absolute atomic E-state index is 5.31. The van der Waals surface area contributed by atoms with Crippen LogP contribution >= 0.6 is 0 Å². The second-order valence-corrected chi connectivity index (χ2v) is 1.53. The third kappa shape index (κ3) is 5.87. The normalized spacial score (nSPS) is 9.88. The van der Waals surface area contributed by atoms with E-state index >= 15 is 0 Å². The SMILES string of the molecule is [B]C(C)=BB=CB=C. The molecule has 0 aliphatic rings. The first-order valence-electron chi connectivity index (χ1n) is 2.49. The zero-order valence-electron chi connectivity index (χ0n) is 5.09. The van der Waals surface area contributed by atoms with Crippen LogP contribution in [0, 0.1) is 0 Å². The van der Waals surface area contributed by atoms with Gasteiger partial charge in [0.25, 0.3) is 0 Å². The van der Waals surface area contributed by atoms with E-state index in [1.807, 2.05) is 26.4 Å². The first kappa shape index (κ1) is 7.87. The van der Waals surface area contributed by atoms with Gasteiger partial charge < -0.3 is 0 Å². The van der Waals surface area contributed by atoms with Gasteiger partial charge in [-0.15, -0.1) is 0 Å². The van der Waals surface area contributed by atoms with Gasteiger partial charge in [0.15, 0.2) is 0 Å². The average Bonchev–Trinajstić information content (AvgIpc) is 1.66. The molecule has 8 heavy (non-hydrogen) atoms. The summed E-state index contributed by atoms with van der Waals surface area (Å²) in [5.74, 6) is 1.83. The molecule has 0 aromatic heterocycles. The van der Waals surface area contributed by atoms with Crippen LogP contribution < -0.4 is 0 Å². The van der Waals surface area contributed by atoms with E-state index in [-0.39, 0.29) is 0 Å². The number of hydrogen-bond donors (Lipinski definition) is 0. The summed E-state index contributed by atoms with van der Waals surface area (Å²) in [6.07, 6.45) is 0. The van der Waals surface area contributed by atoms with E-state index in [0.29, 0.717) is 0 Å². The Morgan fingerprint density at radius 3 is 2.75 bits per heavy atom. The van der Waals surface area contributed by atoms with E-state index in [0.717, 1.165) is 5.36 Å². The summed E-state index contributed by atoms with van der Waals surface area (Å²) >= 11 is 0. The molecule has 0 aromatic rings. The Labute approximate surface area is 53.8 Å². The van der Waals surface area contributed by atoms with Gasteiger partial charge in [0.2, 0.25) is 0 Å². The fourth-order valence-corrected chi connectivity index (χ4v) is 0.286. The Kier molecular flexibility index (Phi) is 4.93. The summed E-state index contributed by atoms with van der Waals surface area (Å²) in [4.78, 5) is 0. The van der Waals surface area contributed by atoms with Crippen molar-refractivity contribution in [2.75, 3.05) is 0 Å². The fourth-order valence-electron chi connectivity index (χ4n) is 0.286. The van der Waals surface area contributed by atoms with Gasteiger partial charge in [-0.1, -0.05) is 0 Å². The molecule has 0 N–H and O–H groups in total. The van der Waals surface area contributed by atoms with E-state index in [1.54, 1.807) is 6.92 Å². The molecular weight excluding hydrogens is 91.3 g/mol. The van der Waals surface area contributed by atoms with E-state index in [2.05, 4.69) is 6.47 Å². The number of hydrogen-bond acceptors (Lipinski definition) is 0. The van der Waals surface area contributed by atoms with Crippen molar-refractivity contribution in [1.82, 2.24) is 0 Å². The van der Waals surface area contributed by atoms with Gasteiger partial charge in [-0.2, -0.15) is 0 Å². The van der Waals surface area contributed by atoms with Crippen LogP contribution in [0.1, 0.15) is 6.92 Å². The molecule has 0 amide bonds. The second-order valence-electron chi connectivity index (χ2n) is 1.53. The topological polar surface area (TPSA) is 0 Å². The Morgan fingerprint density at radius 1 is 1.75 bits per heavy atom. The molecule has 0 bridgehead atoms.